The number of piperidine rings is 1. The van der Waals surface area contributed by atoms with E-state index in [9.17, 15) is 9.59 Å². The second-order valence-corrected chi connectivity index (χ2v) is 7.82. The molecular formula is C23H27ClN2O3. The van der Waals surface area contributed by atoms with Crippen LogP contribution in [-0.2, 0) is 22.6 Å². The third-order valence-corrected chi connectivity index (χ3v) is 5.51. The molecule has 2 amide bonds. The Hall–Kier alpha value is -2.53. The summed E-state index contributed by atoms with van der Waals surface area (Å²) in [4.78, 5) is 26.6. The number of hydrogen-bond acceptors (Lipinski definition) is 3. The average Bonchev–Trinajstić information content (AvgIpc) is 2.74. The van der Waals surface area contributed by atoms with Crippen molar-refractivity contribution >= 4 is 23.4 Å². The van der Waals surface area contributed by atoms with Gasteiger partial charge in [0.05, 0.1) is 13.0 Å². The van der Waals surface area contributed by atoms with Crippen LogP contribution in [-0.4, -0.2) is 36.9 Å². The molecule has 5 nitrogen and oxygen atoms in total. The number of carbonyl (C=O) groups excluding carboxylic acids is 2. The predicted molar refractivity (Wildman–Crippen MR) is 114 cm³/mol. The Kier molecular flexibility index (Phi) is 7.53. The molecule has 0 saturated carbocycles. The molecule has 0 radical (unpaired) electrons. The van der Waals surface area contributed by atoms with E-state index in [1.807, 2.05) is 48.5 Å². The van der Waals surface area contributed by atoms with Gasteiger partial charge < -0.3 is 15.0 Å². The largest absolute Gasteiger partial charge is 0.497 e. The highest BCUT2D eigenvalue weighted by atomic mass is 35.5. The van der Waals surface area contributed by atoms with Gasteiger partial charge in [-0.25, -0.2) is 0 Å². The van der Waals surface area contributed by atoms with Crippen LogP contribution >= 0.6 is 11.6 Å². The third-order valence-electron chi connectivity index (χ3n) is 5.26. The number of hydrogen-bond donors (Lipinski definition) is 1. The highest BCUT2D eigenvalue weighted by Gasteiger charge is 2.30. The molecule has 0 spiro atoms. The smallest absolute Gasteiger partial charge is 0.224 e. The van der Waals surface area contributed by atoms with Gasteiger partial charge in [0.15, 0.2) is 0 Å². The van der Waals surface area contributed by atoms with Gasteiger partial charge in [-0.2, -0.15) is 0 Å². The van der Waals surface area contributed by atoms with Crippen LogP contribution in [0.2, 0.25) is 5.02 Å². The summed E-state index contributed by atoms with van der Waals surface area (Å²) < 4.78 is 5.16. The molecule has 154 valence electrons. The number of benzene rings is 2. The van der Waals surface area contributed by atoms with E-state index in [2.05, 4.69) is 5.32 Å². The Balaban J connectivity index is 1.43. The summed E-state index contributed by atoms with van der Waals surface area (Å²) in [5.74, 6) is 0.829. The molecule has 0 unspecified atom stereocenters. The minimum atomic E-state index is -0.152. The standard InChI is InChI=1S/C23H27ClN2O3/c1-29-21-11-6-17(7-12-21)3-2-14-25-23(28)19-8-13-22(27)26(16-19)15-18-4-9-20(24)10-5-18/h4-7,9-12,19H,2-3,8,13-16H2,1H3,(H,25,28)/t19-/m1/s1. The molecule has 6 heteroatoms. The van der Waals surface area contributed by atoms with Crippen molar-refractivity contribution in [2.24, 2.45) is 5.92 Å². The first kappa shape index (κ1) is 21.2. The van der Waals surface area contributed by atoms with E-state index >= 15 is 0 Å². The molecule has 0 aromatic heterocycles. The monoisotopic (exact) mass is 414 g/mol. The molecule has 3 rings (SSSR count). The number of rotatable bonds is 8. The number of likely N-dealkylation sites (tertiary alicyclic amines) is 1. The fourth-order valence-corrected chi connectivity index (χ4v) is 3.66. The summed E-state index contributed by atoms with van der Waals surface area (Å²) in [5, 5.41) is 3.70. The van der Waals surface area contributed by atoms with Crippen LogP contribution in [0.15, 0.2) is 48.5 Å². The van der Waals surface area contributed by atoms with Gasteiger partial charge in [-0.1, -0.05) is 35.9 Å². The van der Waals surface area contributed by atoms with E-state index in [1.165, 1.54) is 5.56 Å². The second-order valence-electron chi connectivity index (χ2n) is 7.38. The molecule has 29 heavy (non-hydrogen) atoms. The van der Waals surface area contributed by atoms with Crippen LogP contribution in [0.25, 0.3) is 0 Å². The van der Waals surface area contributed by atoms with E-state index in [4.69, 9.17) is 16.3 Å². The Morgan fingerprint density at radius 1 is 1.14 bits per heavy atom. The number of halogens is 1. The molecule has 1 fully saturated rings. The Labute approximate surface area is 177 Å². The molecular weight excluding hydrogens is 388 g/mol. The zero-order valence-corrected chi connectivity index (χ0v) is 17.5. The topological polar surface area (TPSA) is 58.6 Å². The molecule has 1 aliphatic rings. The first-order valence-corrected chi connectivity index (χ1v) is 10.4. The van der Waals surface area contributed by atoms with E-state index < -0.39 is 0 Å². The van der Waals surface area contributed by atoms with Crippen LogP contribution < -0.4 is 10.1 Å². The van der Waals surface area contributed by atoms with E-state index in [0.717, 1.165) is 24.2 Å². The van der Waals surface area contributed by atoms with Crippen molar-refractivity contribution in [2.75, 3.05) is 20.2 Å². The van der Waals surface area contributed by atoms with Crippen LogP contribution in [0.5, 0.6) is 5.75 Å². The Bertz CT molecular complexity index is 821. The lowest BCUT2D eigenvalue weighted by molar-refractivity contribution is -0.138. The maximum absolute atomic E-state index is 12.6. The van der Waals surface area contributed by atoms with Crippen molar-refractivity contribution in [3.63, 3.8) is 0 Å². The summed E-state index contributed by atoms with van der Waals surface area (Å²) >= 11 is 5.92. The van der Waals surface area contributed by atoms with Crippen LogP contribution in [0.1, 0.15) is 30.4 Å². The molecule has 0 bridgehead atoms. The van der Waals surface area contributed by atoms with Crippen molar-refractivity contribution in [2.45, 2.75) is 32.2 Å². The lowest BCUT2D eigenvalue weighted by Crippen LogP contribution is -2.45. The summed E-state index contributed by atoms with van der Waals surface area (Å²) in [6, 6.07) is 15.4. The van der Waals surface area contributed by atoms with Gasteiger partial charge in [-0.3, -0.25) is 9.59 Å². The first-order chi connectivity index (χ1) is 14.0. The van der Waals surface area contributed by atoms with Crippen LogP contribution in [0.4, 0.5) is 0 Å². The highest BCUT2D eigenvalue weighted by molar-refractivity contribution is 6.30. The maximum Gasteiger partial charge on any atom is 0.224 e. The van der Waals surface area contributed by atoms with Crippen molar-refractivity contribution in [1.29, 1.82) is 0 Å². The van der Waals surface area contributed by atoms with Crippen molar-refractivity contribution in [3.05, 3.63) is 64.7 Å². The highest BCUT2D eigenvalue weighted by Crippen LogP contribution is 2.21. The zero-order chi connectivity index (χ0) is 20.6. The lowest BCUT2D eigenvalue weighted by atomic mass is 9.96. The summed E-state index contributed by atoms with van der Waals surface area (Å²) in [5.41, 5.74) is 2.24. The van der Waals surface area contributed by atoms with Gasteiger partial charge in [0, 0.05) is 31.1 Å². The second kappa shape index (κ2) is 10.3. The minimum Gasteiger partial charge on any atom is -0.497 e. The van der Waals surface area contributed by atoms with Crippen molar-refractivity contribution < 1.29 is 14.3 Å². The fourth-order valence-electron chi connectivity index (χ4n) is 3.53. The summed E-state index contributed by atoms with van der Waals surface area (Å²) in [7, 11) is 1.65. The first-order valence-electron chi connectivity index (χ1n) is 9.98. The van der Waals surface area contributed by atoms with Gasteiger partial charge >= 0.3 is 0 Å². The van der Waals surface area contributed by atoms with Gasteiger partial charge in [-0.05, 0) is 54.7 Å². The third kappa shape index (κ3) is 6.23. The number of carbonyl (C=O) groups is 2. The number of aryl methyl sites for hydroxylation is 1. The molecule has 1 N–H and O–H groups in total. The van der Waals surface area contributed by atoms with E-state index in [1.54, 1.807) is 12.0 Å². The predicted octanol–water partition coefficient (Wildman–Crippen LogP) is 3.84. The van der Waals surface area contributed by atoms with Gasteiger partial charge in [0.1, 0.15) is 5.75 Å². The molecule has 1 heterocycles. The maximum atomic E-state index is 12.6. The quantitative estimate of drug-likeness (QED) is 0.668. The zero-order valence-electron chi connectivity index (χ0n) is 16.7. The van der Waals surface area contributed by atoms with E-state index in [0.29, 0.717) is 37.5 Å². The summed E-state index contributed by atoms with van der Waals surface area (Å²) in [6.45, 7) is 1.61. The lowest BCUT2D eigenvalue weighted by Gasteiger charge is -2.32. The molecule has 1 aliphatic heterocycles. The fraction of sp³-hybridized carbons (Fsp3) is 0.391. The molecule has 2 aromatic rings. The Morgan fingerprint density at radius 3 is 2.52 bits per heavy atom. The molecule has 2 aromatic carbocycles. The molecule has 0 aliphatic carbocycles. The Morgan fingerprint density at radius 2 is 1.83 bits per heavy atom. The van der Waals surface area contributed by atoms with Gasteiger partial charge in [0.2, 0.25) is 11.8 Å². The number of ether oxygens (including phenoxy) is 1. The number of methoxy groups -OCH3 is 1. The van der Waals surface area contributed by atoms with Crippen molar-refractivity contribution in [3.8, 4) is 5.75 Å². The minimum absolute atomic E-state index is 0.0355. The number of nitrogens with one attached hydrogen (secondary N) is 1. The van der Waals surface area contributed by atoms with Gasteiger partial charge in [0.25, 0.3) is 0 Å². The number of amides is 2. The van der Waals surface area contributed by atoms with Crippen molar-refractivity contribution in [1.82, 2.24) is 10.2 Å². The van der Waals surface area contributed by atoms with Crippen LogP contribution in [0, 0.1) is 5.92 Å². The van der Waals surface area contributed by atoms with Gasteiger partial charge in [-0.15, -0.1) is 0 Å². The molecule has 1 atom stereocenters. The normalized spacial score (nSPS) is 16.6. The number of nitrogens with zero attached hydrogens (tertiary/aromatic N) is 1. The van der Waals surface area contributed by atoms with E-state index in [-0.39, 0.29) is 17.7 Å². The average molecular weight is 415 g/mol. The molecule has 1 saturated heterocycles. The van der Waals surface area contributed by atoms with Crippen LogP contribution in [0.3, 0.4) is 0 Å². The SMILES string of the molecule is COc1ccc(CCCNC(=O)[C@@H]2CCC(=O)N(Cc3ccc(Cl)cc3)C2)cc1. The summed E-state index contributed by atoms with van der Waals surface area (Å²) in [6.07, 6.45) is 2.80.